The Morgan fingerprint density at radius 1 is 1.22 bits per heavy atom. The van der Waals surface area contributed by atoms with Gasteiger partial charge in [0.2, 0.25) is 5.91 Å². The van der Waals surface area contributed by atoms with Gasteiger partial charge in [0.1, 0.15) is 0 Å². The number of nitrogens with zero attached hydrogens (tertiary/aromatic N) is 3. The summed E-state index contributed by atoms with van der Waals surface area (Å²) in [6, 6.07) is 8.23. The van der Waals surface area contributed by atoms with Gasteiger partial charge in [-0.1, -0.05) is 25.1 Å². The maximum absolute atomic E-state index is 12.8. The number of rotatable bonds is 5. The number of nitrogens with one attached hydrogen (secondary N) is 2. The van der Waals surface area contributed by atoms with Crippen LogP contribution >= 0.6 is 0 Å². The summed E-state index contributed by atoms with van der Waals surface area (Å²) >= 11 is 0. The second-order valence-corrected chi connectivity index (χ2v) is 7.49. The number of likely N-dealkylation sites (tertiary alicyclic amines) is 1. The van der Waals surface area contributed by atoms with E-state index in [2.05, 4.69) is 32.2 Å². The minimum Gasteiger partial charge on any atom is -0.350 e. The monoisotopic (exact) mass is 369 g/mol. The van der Waals surface area contributed by atoms with E-state index in [-0.39, 0.29) is 11.8 Å². The molecule has 3 heterocycles. The topological polar surface area (TPSA) is 81.3 Å². The molecule has 2 amide bonds. The first-order chi connectivity index (χ1) is 13.2. The van der Waals surface area contributed by atoms with Crippen LogP contribution in [-0.2, 0) is 4.79 Å². The van der Waals surface area contributed by atoms with Gasteiger partial charge in [0, 0.05) is 43.5 Å². The fraction of sp³-hybridized carbons (Fsp3) is 0.550. The standard InChI is InChI=1S/C20H27N5O2/c1-2-24-12-10-14-7-8-15(13-24)25(14)18(26)9-11-21-20(27)19-16-5-3-4-6-17(16)22-23-19/h3-6,14-15H,2,7-13H2,1H3,(H,21,27)(H,22,23). The number of H-pyrrole nitrogens is 1. The van der Waals surface area contributed by atoms with E-state index in [1.165, 1.54) is 0 Å². The minimum absolute atomic E-state index is 0.160. The van der Waals surface area contributed by atoms with E-state index >= 15 is 0 Å². The van der Waals surface area contributed by atoms with E-state index in [4.69, 9.17) is 0 Å². The first-order valence-corrected chi connectivity index (χ1v) is 9.92. The third-order valence-corrected chi connectivity index (χ3v) is 5.91. The molecule has 4 rings (SSSR count). The van der Waals surface area contributed by atoms with Crippen molar-refractivity contribution in [1.82, 2.24) is 25.3 Å². The molecule has 2 aliphatic rings. The van der Waals surface area contributed by atoms with Crippen molar-refractivity contribution in [3.8, 4) is 0 Å². The molecule has 1 aromatic heterocycles. The van der Waals surface area contributed by atoms with Gasteiger partial charge < -0.3 is 15.1 Å². The second-order valence-electron chi connectivity index (χ2n) is 7.49. The maximum atomic E-state index is 12.8. The average Bonchev–Trinajstić information content (AvgIpc) is 3.22. The number of amides is 2. The number of benzene rings is 1. The van der Waals surface area contributed by atoms with Crippen LogP contribution in [0, 0.1) is 0 Å². The number of hydrogen-bond acceptors (Lipinski definition) is 4. The highest BCUT2D eigenvalue weighted by Crippen LogP contribution is 2.30. The van der Waals surface area contributed by atoms with Crippen molar-refractivity contribution < 1.29 is 9.59 Å². The number of aromatic amines is 1. The van der Waals surface area contributed by atoms with Crippen LogP contribution in [-0.4, -0.2) is 70.1 Å². The highest BCUT2D eigenvalue weighted by Gasteiger charge is 2.39. The molecule has 2 N–H and O–H groups in total. The minimum atomic E-state index is -0.240. The smallest absolute Gasteiger partial charge is 0.272 e. The van der Waals surface area contributed by atoms with Crippen molar-refractivity contribution >= 4 is 22.7 Å². The molecule has 144 valence electrons. The van der Waals surface area contributed by atoms with Gasteiger partial charge in [-0.2, -0.15) is 5.10 Å². The van der Waals surface area contributed by atoms with Gasteiger partial charge in [0.25, 0.3) is 5.91 Å². The molecule has 27 heavy (non-hydrogen) atoms. The van der Waals surface area contributed by atoms with Crippen LogP contribution in [0.3, 0.4) is 0 Å². The molecule has 2 aliphatic heterocycles. The number of carbonyl (C=O) groups is 2. The Bertz CT molecular complexity index is 833. The summed E-state index contributed by atoms with van der Waals surface area (Å²) in [7, 11) is 0. The van der Waals surface area contributed by atoms with Crippen molar-refractivity contribution in [1.29, 1.82) is 0 Å². The molecule has 2 aromatic rings. The van der Waals surface area contributed by atoms with Crippen LogP contribution in [0.4, 0.5) is 0 Å². The Balaban J connectivity index is 1.34. The molecule has 2 bridgehead atoms. The Labute approximate surface area is 159 Å². The van der Waals surface area contributed by atoms with Gasteiger partial charge in [0.15, 0.2) is 5.69 Å². The molecule has 0 saturated carbocycles. The largest absolute Gasteiger partial charge is 0.350 e. The lowest BCUT2D eigenvalue weighted by atomic mass is 10.1. The van der Waals surface area contributed by atoms with Crippen LogP contribution < -0.4 is 5.32 Å². The summed E-state index contributed by atoms with van der Waals surface area (Å²) in [5.41, 5.74) is 1.21. The van der Waals surface area contributed by atoms with Crippen LogP contribution in [0.1, 0.15) is 43.1 Å². The number of carbonyl (C=O) groups excluding carboxylic acids is 2. The Morgan fingerprint density at radius 2 is 2.04 bits per heavy atom. The molecule has 7 nitrogen and oxygen atoms in total. The van der Waals surface area contributed by atoms with Gasteiger partial charge >= 0.3 is 0 Å². The predicted molar refractivity (Wildman–Crippen MR) is 103 cm³/mol. The van der Waals surface area contributed by atoms with Crippen LogP contribution in [0.5, 0.6) is 0 Å². The van der Waals surface area contributed by atoms with E-state index in [9.17, 15) is 9.59 Å². The molecule has 0 spiro atoms. The summed E-state index contributed by atoms with van der Waals surface area (Å²) in [6.07, 6.45) is 3.60. The van der Waals surface area contributed by atoms with Crippen molar-refractivity contribution in [3.05, 3.63) is 30.0 Å². The molecule has 7 heteroatoms. The van der Waals surface area contributed by atoms with Gasteiger partial charge in [0.05, 0.1) is 5.52 Å². The lowest BCUT2D eigenvalue weighted by Crippen LogP contribution is -2.44. The lowest BCUT2D eigenvalue weighted by Gasteiger charge is -2.29. The van der Waals surface area contributed by atoms with Crippen molar-refractivity contribution in [2.45, 2.75) is 44.7 Å². The third-order valence-electron chi connectivity index (χ3n) is 5.91. The number of hydrogen-bond donors (Lipinski definition) is 2. The lowest BCUT2D eigenvalue weighted by molar-refractivity contribution is -0.133. The fourth-order valence-corrected chi connectivity index (χ4v) is 4.47. The second kappa shape index (κ2) is 7.68. The predicted octanol–water partition coefficient (Wildman–Crippen LogP) is 1.77. The van der Waals surface area contributed by atoms with Gasteiger partial charge in [-0.05, 0) is 31.9 Å². The zero-order chi connectivity index (χ0) is 18.8. The van der Waals surface area contributed by atoms with E-state index in [1.807, 2.05) is 24.3 Å². The quantitative estimate of drug-likeness (QED) is 0.842. The Kier molecular flexibility index (Phi) is 5.11. The van der Waals surface area contributed by atoms with E-state index < -0.39 is 0 Å². The Morgan fingerprint density at radius 3 is 2.89 bits per heavy atom. The first kappa shape index (κ1) is 18.0. The SMILES string of the molecule is CCN1CCC2CCC(C1)N2C(=O)CCNC(=O)c1n[nH]c2ccccc12. The number of likely N-dealkylation sites (N-methyl/N-ethyl adjacent to an activating group) is 1. The zero-order valence-corrected chi connectivity index (χ0v) is 15.8. The molecule has 2 fully saturated rings. The van der Waals surface area contributed by atoms with Crippen molar-refractivity contribution in [3.63, 3.8) is 0 Å². The highest BCUT2D eigenvalue weighted by molar-refractivity contribution is 6.04. The summed E-state index contributed by atoms with van der Waals surface area (Å²) in [5.74, 6) is -0.0797. The molecule has 2 unspecified atom stereocenters. The molecular formula is C20H27N5O2. The van der Waals surface area contributed by atoms with Crippen LogP contribution in [0.15, 0.2) is 24.3 Å². The number of aromatic nitrogens is 2. The van der Waals surface area contributed by atoms with E-state index in [0.717, 1.165) is 49.8 Å². The highest BCUT2D eigenvalue weighted by atomic mass is 16.2. The third kappa shape index (κ3) is 3.56. The number of para-hydroxylation sites is 1. The van der Waals surface area contributed by atoms with Crippen LogP contribution in [0.25, 0.3) is 10.9 Å². The van der Waals surface area contributed by atoms with Gasteiger partial charge in [-0.3, -0.25) is 14.7 Å². The molecule has 0 aliphatic carbocycles. The molecule has 2 atom stereocenters. The van der Waals surface area contributed by atoms with Crippen molar-refractivity contribution in [2.75, 3.05) is 26.2 Å². The van der Waals surface area contributed by atoms with Crippen LogP contribution in [0.2, 0.25) is 0 Å². The van der Waals surface area contributed by atoms with Gasteiger partial charge in [-0.15, -0.1) is 0 Å². The zero-order valence-electron chi connectivity index (χ0n) is 15.8. The summed E-state index contributed by atoms with van der Waals surface area (Å²) in [6.45, 7) is 5.61. The summed E-state index contributed by atoms with van der Waals surface area (Å²) < 4.78 is 0. The molecular weight excluding hydrogens is 342 g/mol. The van der Waals surface area contributed by atoms with E-state index in [0.29, 0.717) is 30.7 Å². The van der Waals surface area contributed by atoms with Crippen molar-refractivity contribution in [2.24, 2.45) is 0 Å². The molecule has 0 radical (unpaired) electrons. The summed E-state index contributed by atoms with van der Waals surface area (Å²) in [5, 5.41) is 10.6. The number of fused-ring (bicyclic) bond motifs is 3. The Hall–Kier alpha value is -2.41. The average molecular weight is 369 g/mol. The summed E-state index contributed by atoms with van der Waals surface area (Å²) in [4.78, 5) is 29.8. The molecule has 2 saturated heterocycles. The normalized spacial score (nSPS) is 22.8. The fourth-order valence-electron chi connectivity index (χ4n) is 4.47. The van der Waals surface area contributed by atoms with Gasteiger partial charge in [-0.25, -0.2) is 0 Å². The maximum Gasteiger partial charge on any atom is 0.272 e. The first-order valence-electron chi connectivity index (χ1n) is 9.92. The molecule has 1 aromatic carbocycles. The van der Waals surface area contributed by atoms with E-state index in [1.54, 1.807) is 0 Å².